The third-order valence-corrected chi connectivity index (χ3v) is 3.05. The lowest BCUT2D eigenvalue weighted by molar-refractivity contribution is 0.474. The van der Waals surface area contributed by atoms with Crippen molar-refractivity contribution in [1.29, 1.82) is 0 Å². The third kappa shape index (κ3) is 3.96. The van der Waals surface area contributed by atoms with Gasteiger partial charge in [-0.2, -0.15) is 0 Å². The first kappa shape index (κ1) is 14.3. The Morgan fingerprint density at radius 1 is 1.25 bits per heavy atom. The van der Waals surface area contributed by atoms with Crippen molar-refractivity contribution in [3.8, 4) is 0 Å². The van der Waals surface area contributed by atoms with E-state index in [-0.39, 0.29) is 6.04 Å². The molecule has 0 aliphatic rings. The van der Waals surface area contributed by atoms with Crippen molar-refractivity contribution < 1.29 is 4.42 Å². The van der Waals surface area contributed by atoms with E-state index in [1.165, 1.54) is 0 Å². The van der Waals surface area contributed by atoms with Crippen LogP contribution in [-0.2, 0) is 0 Å². The lowest BCUT2D eigenvalue weighted by Gasteiger charge is -2.19. The van der Waals surface area contributed by atoms with E-state index < -0.39 is 0 Å². The summed E-state index contributed by atoms with van der Waals surface area (Å²) in [4.78, 5) is 0. The quantitative estimate of drug-likeness (QED) is 0.652. The molecule has 20 heavy (non-hydrogen) atoms. The van der Waals surface area contributed by atoms with Gasteiger partial charge in [0, 0.05) is 6.54 Å². The third-order valence-electron chi connectivity index (χ3n) is 2.79. The number of furan rings is 1. The van der Waals surface area contributed by atoms with Crippen LogP contribution in [0.2, 0.25) is 0 Å². The maximum atomic E-state index is 5.51. The predicted octanol–water partition coefficient (Wildman–Crippen LogP) is 3.41. The van der Waals surface area contributed by atoms with Crippen LogP contribution in [-0.4, -0.2) is 11.7 Å². The Kier molecular flexibility index (Phi) is 4.96. The summed E-state index contributed by atoms with van der Waals surface area (Å²) in [5.74, 6) is 0.829. The average Bonchev–Trinajstić information content (AvgIpc) is 2.97. The zero-order valence-electron chi connectivity index (χ0n) is 11.4. The molecule has 0 aliphatic heterocycles. The van der Waals surface area contributed by atoms with E-state index in [1.54, 1.807) is 6.26 Å². The fourth-order valence-corrected chi connectivity index (χ4v) is 2.02. The van der Waals surface area contributed by atoms with Crippen molar-refractivity contribution in [3.05, 3.63) is 72.2 Å². The molecule has 1 aromatic carbocycles. The van der Waals surface area contributed by atoms with Gasteiger partial charge in [-0.15, -0.1) is 0 Å². The minimum atomic E-state index is -0.101. The zero-order chi connectivity index (χ0) is 14.4. The van der Waals surface area contributed by atoms with Crippen molar-refractivity contribution in [3.63, 3.8) is 0 Å². The van der Waals surface area contributed by atoms with Crippen LogP contribution in [0.4, 0.5) is 0 Å². The summed E-state index contributed by atoms with van der Waals surface area (Å²) in [7, 11) is 0. The monoisotopic (exact) mass is 286 g/mol. The Bertz CT molecular complexity index is 563. The lowest BCUT2D eigenvalue weighted by Crippen LogP contribution is -2.38. The standard InChI is InChI=1S/C16H18N2OS/c1-12(2)11-17-16(20)18-15(14-9-6-10-19-14)13-7-4-3-5-8-13/h3-10,15H,1,11H2,2H3,(H2,17,18,20)/t15-/m1/s1. The topological polar surface area (TPSA) is 37.2 Å². The molecule has 0 aliphatic carbocycles. The molecule has 1 aromatic heterocycles. The average molecular weight is 286 g/mol. The van der Waals surface area contributed by atoms with Gasteiger partial charge in [0.15, 0.2) is 5.11 Å². The van der Waals surface area contributed by atoms with Crippen molar-refractivity contribution >= 4 is 17.3 Å². The molecule has 4 heteroatoms. The summed E-state index contributed by atoms with van der Waals surface area (Å²) < 4.78 is 5.51. The summed E-state index contributed by atoms with van der Waals surface area (Å²) >= 11 is 5.32. The van der Waals surface area contributed by atoms with Gasteiger partial charge in [-0.05, 0) is 36.8 Å². The molecule has 0 bridgehead atoms. The molecule has 0 spiro atoms. The smallest absolute Gasteiger partial charge is 0.167 e. The molecule has 0 amide bonds. The van der Waals surface area contributed by atoms with E-state index >= 15 is 0 Å². The molecule has 3 nitrogen and oxygen atoms in total. The van der Waals surface area contributed by atoms with Crippen LogP contribution < -0.4 is 10.6 Å². The minimum Gasteiger partial charge on any atom is -0.467 e. The normalized spacial score (nSPS) is 11.7. The van der Waals surface area contributed by atoms with Crippen LogP contribution in [0.25, 0.3) is 0 Å². The van der Waals surface area contributed by atoms with Crippen LogP contribution in [0, 0.1) is 0 Å². The number of hydrogen-bond acceptors (Lipinski definition) is 2. The first-order chi connectivity index (χ1) is 9.66. The second kappa shape index (κ2) is 6.91. The SMILES string of the molecule is C=C(C)CNC(=S)N[C@H](c1ccccc1)c1ccco1. The number of hydrogen-bond donors (Lipinski definition) is 2. The Hall–Kier alpha value is -2.07. The number of thiocarbonyl (C=S) groups is 1. The Morgan fingerprint density at radius 2 is 2.00 bits per heavy atom. The van der Waals surface area contributed by atoms with Gasteiger partial charge in [0.2, 0.25) is 0 Å². The fourth-order valence-electron chi connectivity index (χ4n) is 1.83. The molecule has 0 fully saturated rings. The van der Waals surface area contributed by atoms with Crippen LogP contribution in [0.15, 0.2) is 65.3 Å². The van der Waals surface area contributed by atoms with Gasteiger partial charge in [0.25, 0.3) is 0 Å². The molecule has 2 rings (SSSR count). The molecular formula is C16H18N2OS. The van der Waals surface area contributed by atoms with Crippen molar-refractivity contribution in [2.75, 3.05) is 6.54 Å². The molecule has 104 valence electrons. The maximum absolute atomic E-state index is 5.51. The van der Waals surface area contributed by atoms with Gasteiger partial charge in [-0.3, -0.25) is 0 Å². The van der Waals surface area contributed by atoms with E-state index in [0.29, 0.717) is 11.7 Å². The summed E-state index contributed by atoms with van der Waals surface area (Å²) in [5.41, 5.74) is 2.13. The highest BCUT2D eigenvalue weighted by Crippen LogP contribution is 2.22. The molecule has 0 saturated heterocycles. The molecule has 2 aromatic rings. The minimum absolute atomic E-state index is 0.101. The largest absolute Gasteiger partial charge is 0.467 e. The molecular weight excluding hydrogens is 268 g/mol. The molecule has 0 radical (unpaired) electrons. The van der Waals surface area contributed by atoms with E-state index in [1.807, 2.05) is 49.4 Å². The predicted molar refractivity (Wildman–Crippen MR) is 85.5 cm³/mol. The highest BCUT2D eigenvalue weighted by atomic mass is 32.1. The second-order valence-electron chi connectivity index (χ2n) is 4.64. The van der Waals surface area contributed by atoms with Gasteiger partial charge in [0.1, 0.15) is 11.8 Å². The van der Waals surface area contributed by atoms with E-state index in [2.05, 4.69) is 17.2 Å². The Labute approximate surface area is 124 Å². The van der Waals surface area contributed by atoms with E-state index in [0.717, 1.165) is 16.9 Å². The Morgan fingerprint density at radius 3 is 2.60 bits per heavy atom. The van der Waals surface area contributed by atoms with Gasteiger partial charge >= 0.3 is 0 Å². The van der Waals surface area contributed by atoms with E-state index in [9.17, 15) is 0 Å². The number of nitrogens with one attached hydrogen (secondary N) is 2. The highest BCUT2D eigenvalue weighted by Gasteiger charge is 2.17. The number of rotatable bonds is 5. The first-order valence-corrected chi connectivity index (χ1v) is 6.84. The molecule has 0 unspecified atom stereocenters. The van der Waals surface area contributed by atoms with Crippen molar-refractivity contribution in [2.24, 2.45) is 0 Å². The highest BCUT2D eigenvalue weighted by molar-refractivity contribution is 7.80. The van der Waals surface area contributed by atoms with Gasteiger partial charge in [-0.25, -0.2) is 0 Å². The van der Waals surface area contributed by atoms with Gasteiger partial charge in [0.05, 0.1) is 6.26 Å². The van der Waals surface area contributed by atoms with Crippen LogP contribution >= 0.6 is 12.2 Å². The van der Waals surface area contributed by atoms with Crippen molar-refractivity contribution in [2.45, 2.75) is 13.0 Å². The summed E-state index contributed by atoms with van der Waals surface area (Å²) in [6.45, 7) is 6.46. The first-order valence-electron chi connectivity index (χ1n) is 6.44. The summed E-state index contributed by atoms with van der Waals surface area (Å²) in [6, 6.07) is 13.8. The van der Waals surface area contributed by atoms with Crippen LogP contribution in [0.3, 0.4) is 0 Å². The maximum Gasteiger partial charge on any atom is 0.167 e. The number of benzene rings is 1. The molecule has 1 atom stereocenters. The Balaban J connectivity index is 2.12. The van der Waals surface area contributed by atoms with Gasteiger partial charge < -0.3 is 15.1 Å². The van der Waals surface area contributed by atoms with Gasteiger partial charge in [-0.1, -0.05) is 42.5 Å². The molecule has 0 saturated carbocycles. The lowest BCUT2D eigenvalue weighted by atomic mass is 10.1. The second-order valence-corrected chi connectivity index (χ2v) is 5.05. The fraction of sp³-hybridized carbons (Fsp3) is 0.188. The summed E-state index contributed by atoms with van der Waals surface area (Å²) in [6.07, 6.45) is 1.66. The zero-order valence-corrected chi connectivity index (χ0v) is 12.2. The summed E-state index contributed by atoms with van der Waals surface area (Å²) in [5, 5.41) is 6.98. The van der Waals surface area contributed by atoms with Crippen LogP contribution in [0.5, 0.6) is 0 Å². The molecule has 2 N–H and O–H groups in total. The van der Waals surface area contributed by atoms with Crippen molar-refractivity contribution in [1.82, 2.24) is 10.6 Å². The van der Waals surface area contributed by atoms with E-state index in [4.69, 9.17) is 16.6 Å². The molecule has 1 heterocycles. The van der Waals surface area contributed by atoms with Crippen LogP contribution in [0.1, 0.15) is 24.3 Å².